The lowest BCUT2D eigenvalue weighted by Crippen LogP contribution is -2.51. The molecule has 0 aromatic heterocycles. The fourth-order valence-corrected chi connectivity index (χ4v) is 4.53. The summed E-state index contributed by atoms with van der Waals surface area (Å²) in [6.07, 6.45) is 0.132. The number of hydrogen-bond acceptors (Lipinski definition) is 5. The summed E-state index contributed by atoms with van der Waals surface area (Å²) >= 11 is 6.24. The third-order valence-corrected chi connectivity index (χ3v) is 6.23. The predicted octanol–water partition coefficient (Wildman–Crippen LogP) is 4.78. The van der Waals surface area contributed by atoms with Gasteiger partial charge in [0.15, 0.2) is 6.61 Å². The van der Waals surface area contributed by atoms with Gasteiger partial charge in [0.05, 0.1) is 18.8 Å². The number of carbonyl (C=O) groups excluding carboxylic acids is 1. The Morgan fingerprint density at radius 2 is 1.94 bits per heavy atom. The Balaban J connectivity index is 2.03. The standard InChI is InChI=1S/C26H32ClNO6/c1-16(2)17-7-8-21(33-15-25(31)32)20(12-17)23-14-26(3,28-24(30)9-10-29)13-22(34-23)18-5-4-6-19(27)11-18/h4-8,11-12,16,22-23,29H,9-10,13-15H2,1-3H3,(H,28,30)(H,31,32)/t22-,23+,26+/m0/s1. The molecule has 1 aliphatic rings. The molecule has 34 heavy (non-hydrogen) atoms. The molecule has 0 bridgehead atoms. The smallest absolute Gasteiger partial charge is 0.341 e. The second-order valence-electron chi connectivity index (χ2n) is 9.29. The molecular formula is C26H32ClNO6. The molecule has 2 aromatic carbocycles. The highest BCUT2D eigenvalue weighted by Gasteiger charge is 2.41. The number of benzene rings is 2. The van der Waals surface area contributed by atoms with Crippen LogP contribution in [0.25, 0.3) is 0 Å². The van der Waals surface area contributed by atoms with Gasteiger partial charge in [-0.05, 0) is 48.2 Å². The van der Waals surface area contributed by atoms with Gasteiger partial charge in [0, 0.05) is 35.4 Å². The number of aliphatic hydroxyl groups excluding tert-OH is 1. The first-order valence-corrected chi connectivity index (χ1v) is 11.8. The van der Waals surface area contributed by atoms with E-state index in [9.17, 15) is 14.7 Å². The minimum Gasteiger partial charge on any atom is -0.482 e. The van der Waals surface area contributed by atoms with Crippen LogP contribution in [0.4, 0.5) is 0 Å². The van der Waals surface area contributed by atoms with Gasteiger partial charge in [0.25, 0.3) is 0 Å². The molecule has 1 aliphatic heterocycles. The molecule has 1 fully saturated rings. The fourth-order valence-electron chi connectivity index (χ4n) is 4.33. The van der Waals surface area contributed by atoms with Crippen molar-refractivity contribution in [2.75, 3.05) is 13.2 Å². The van der Waals surface area contributed by atoms with E-state index in [2.05, 4.69) is 19.2 Å². The van der Waals surface area contributed by atoms with E-state index in [0.29, 0.717) is 23.6 Å². The van der Waals surface area contributed by atoms with Gasteiger partial charge in [-0.1, -0.05) is 43.6 Å². The highest BCUT2D eigenvalue weighted by Crippen LogP contribution is 2.46. The number of carboxylic acid groups (broad SMARTS) is 1. The SMILES string of the molecule is CC(C)c1ccc(OCC(=O)O)c([C@H]2C[C@](C)(NC(=O)CCO)C[C@@H](c3cccc(Cl)c3)O2)c1. The maximum absolute atomic E-state index is 12.4. The largest absolute Gasteiger partial charge is 0.482 e. The molecule has 184 valence electrons. The van der Waals surface area contributed by atoms with Gasteiger partial charge in [-0.2, -0.15) is 0 Å². The second kappa shape index (κ2) is 11.2. The van der Waals surface area contributed by atoms with Crippen LogP contribution in [0, 0.1) is 0 Å². The lowest BCUT2D eigenvalue weighted by molar-refractivity contribution is -0.139. The van der Waals surface area contributed by atoms with Crippen LogP contribution in [0.1, 0.15) is 74.8 Å². The van der Waals surface area contributed by atoms with Gasteiger partial charge in [-0.3, -0.25) is 4.79 Å². The van der Waals surface area contributed by atoms with E-state index in [1.165, 1.54) is 0 Å². The Bertz CT molecular complexity index is 1030. The van der Waals surface area contributed by atoms with Gasteiger partial charge in [-0.25, -0.2) is 4.79 Å². The molecule has 3 rings (SSSR count). The van der Waals surface area contributed by atoms with Gasteiger partial charge in [-0.15, -0.1) is 0 Å². The Labute approximate surface area is 205 Å². The number of nitrogens with one attached hydrogen (secondary N) is 1. The molecule has 0 spiro atoms. The monoisotopic (exact) mass is 489 g/mol. The van der Waals surface area contributed by atoms with Crippen LogP contribution in [0.3, 0.4) is 0 Å². The summed E-state index contributed by atoms with van der Waals surface area (Å²) in [5.41, 5.74) is 2.05. The zero-order valence-corrected chi connectivity index (χ0v) is 20.5. The van der Waals surface area contributed by atoms with E-state index >= 15 is 0 Å². The first-order chi connectivity index (χ1) is 16.1. The Morgan fingerprint density at radius 1 is 1.21 bits per heavy atom. The molecule has 3 N–H and O–H groups in total. The first-order valence-electron chi connectivity index (χ1n) is 11.4. The average molecular weight is 490 g/mol. The topological polar surface area (TPSA) is 105 Å². The van der Waals surface area contributed by atoms with Crippen LogP contribution in [0.15, 0.2) is 42.5 Å². The predicted molar refractivity (Wildman–Crippen MR) is 129 cm³/mol. The van der Waals surface area contributed by atoms with E-state index in [1.807, 2.05) is 37.3 Å². The number of aliphatic hydroxyl groups is 1. The molecule has 0 aliphatic carbocycles. The fraction of sp³-hybridized carbons (Fsp3) is 0.462. The normalized spacial score (nSPS) is 22.4. The molecule has 1 amide bonds. The number of rotatable bonds is 9. The summed E-state index contributed by atoms with van der Waals surface area (Å²) < 4.78 is 12.2. The minimum absolute atomic E-state index is 0.0127. The van der Waals surface area contributed by atoms with Crippen molar-refractivity contribution in [2.24, 2.45) is 0 Å². The van der Waals surface area contributed by atoms with Crippen LogP contribution in [-0.2, 0) is 14.3 Å². The zero-order chi connectivity index (χ0) is 24.9. The molecule has 1 saturated heterocycles. The Kier molecular flexibility index (Phi) is 8.57. The summed E-state index contributed by atoms with van der Waals surface area (Å²) in [7, 11) is 0. The van der Waals surface area contributed by atoms with Crippen LogP contribution >= 0.6 is 11.6 Å². The van der Waals surface area contributed by atoms with Crippen LogP contribution in [0.5, 0.6) is 5.75 Å². The lowest BCUT2D eigenvalue weighted by Gasteiger charge is -2.43. The zero-order valence-electron chi connectivity index (χ0n) is 19.7. The van der Waals surface area contributed by atoms with Crippen molar-refractivity contribution < 1.29 is 29.3 Å². The van der Waals surface area contributed by atoms with Gasteiger partial charge in [0.2, 0.25) is 5.91 Å². The molecular weight excluding hydrogens is 458 g/mol. The summed E-state index contributed by atoms with van der Waals surface area (Å²) in [4.78, 5) is 23.6. The average Bonchev–Trinajstić information content (AvgIpc) is 2.76. The van der Waals surface area contributed by atoms with Crippen molar-refractivity contribution in [3.8, 4) is 5.75 Å². The Hall–Kier alpha value is -2.61. The maximum Gasteiger partial charge on any atom is 0.341 e. The van der Waals surface area contributed by atoms with Gasteiger partial charge >= 0.3 is 5.97 Å². The molecule has 3 atom stereocenters. The molecule has 8 heteroatoms. The molecule has 0 saturated carbocycles. The maximum atomic E-state index is 12.4. The Morgan fingerprint density at radius 3 is 2.59 bits per heavy atom. The van der Waals surface area contributed by atoms with E-state index in [0.717, 1.165) is 16.7 Å². The highest BCUT2D eigenvalue weighted by molar-refractivity contribution is 6.30. The highest BCUT2D eigenvalue weighted by atomic mass is 35.5. The minimum atomic E-state index is -1.07. The second-order valence-corrected chi connectivity index (χ2v) is 9.73. The number of halogens is 1. The quantitative estimate of drug-likeness (QED) is 0.468. The van der Waals surface area contributed by atoms with Crippen LogP contribution in [0.2, 0.25) is 5.02 Å². The first kappa shape index (κ1) is 26.0. The summed E-state index contributed by atoms with van der Waals surface area (Å²) in [5.74, 6) is -0.627. The van der Waals surface area contributed by atoms with Gasteiger partial charge in [0.1, 0.15) is 5.75 Å². The van der Waals surface area contributed by atoms with Crippen LogP contribution in [-0.4, -0.2) is 40.8 Å². The van der Waals surface area contributed by atoms with E-state index in [-0.39, 0.29) is 31.0 Å². The van der Waals surface area contributed by atoms with Crippen molar-refractivity contribution in [3.05, 3.63) is 64.2 Å². The number of carboxylic acids is 1. The number of ether oxygens (including phenoxy) is 2. The molecule has 0 radical (unpaired) electrons. The number of aliphatic carboxylic acids is 1. The molecule has 7 nitrogen and oxygen atoms in total. The molecule has 0 unspecified atom stereocenters. The van der Waals surface area contributed by atoms with Crippen LogP contribution < -0.4 is 10.1 Å². The van der Waals surface area contributed by atoms with E-state index in [4.69, 9.17) is 26.2 Å². The van der Waals surface area contributed by atoms with Gasteiger partial charge < -0.3 is 25.0 Å². The van der Waals surface area contributed by atoms with Crippen molar-refractivity contribution in [2.45, 2.75) is 63.7 Å². The van der Waals surface area contributed by atoms with Crippen molar-refractivity contribution in [1.82, 2.24) is 5.32 Å². The lowest BCUT2D eigenvalue weighted by atomic mass is 9.80. The van der Waals surface area contributed by atoms with E-state index < -0.39 is 24.2 Å². The summed E-state index contributed by atoms with van der Waals surface area (Å²) in [5, 5.41) is 22.0. The van der Waals surface area contributed by atoms with Crippen molar-refractivity contribution in [1.29, 1.82) is 0 Å². The molecule has 1 heterocycles. The number of carbonyl (C=O) groups is 2. The number of amides is 1. The number of hydrogen-bond donors (Lipinski definition) is 3. The van der Waals surface area contributed by atoms with Crippen molar-refractivity contribution >= 4 is 23.5 Å². The third-order valence-electron chi connectivity index (χ3n) is 6.00. The third kappa shape index (κ3) is 6.72. The van der Waals surface area contributed by atoms with Crippen molar-refractivity contribution in [3.63, 3.8) is 0 Å². The molecule has 2 aromatic rings. The summed E-state index contributed by atoms with van der Waals surface area (Å²) in [6.45, 7) is 5.41. The summed E-state index contributed by atoms with van der Waals surface area (Å²) in [6, 6.07) is 13.1. The van der Waals surface area contributed by atoms with E-state index in [1.54, 1.807) is 12.1 Å².